The first-order chi connectivity index (χ1) is 12.8. The first kappa shape index (κ1) is 19.0. The number of sulfonamides is 1. The second kappa shape index (κ2) is 7.45. The number of nitrogens with two attached hydrogens (primary N) is 1. The second-order valence-electron chi connectivity index (χ2n) is 6.30. The van der Waals surface area contributed by atoms with Crippen LogP contribution in [0, 0.1) is 0 Å². The number of hydrogen-bond acceptors (Lipinski definition) is 6. The normalized spacial score (nSPS) is 13.8. The summed E-state index contributed by atoms with van der Waals surface area (Å²) in [5.41, 5.74) is 7.96. The predicted molar refractivity (Wildman–Crippen MR) is 98.0 cm³/mol. The minimum atomic E-state index is -4.02. The SMILES string of the molecule is CC(=O)N1CCc2c(cncc2C(=O)NS(=O)(=O)c2ccc(CN)cc2)C1. The molecule has 2 aromatic rings. The van der Waals surface area contributed by atoms with Crippen LogP contribution in [0.2, 0.25) is 0 Å². The summed E-state index contributed by atoms with van der Waals surface area (Å²) in [6, 6.07) is 6.01. The van der Waals surface area contributed by atoms with Crippen molar-refractivity contribution in [3.63, 3.8) is 0 Å². The Morgan fingerprint density at radius 1 is 1.22 bits per heavy atom. The molecule has 1 aromatic heterocycles. The van der Waals surface area contributed by atoms with Crippen LogP contribution in [0.3, 0.4) is 0 Å². The molecule has 0 bridgehead atoms. The summed E-state index contributed by atoms with van der Waals surface area (Å²) >= 11 is 0. The molecule has 1 aliphatic rings. The molecule has 8 nitrogen and oxygen atoms in total. The van der Waals surface area contributed by atoms with Gasteiger partial charge in [0.2, 0.25) is 5.91 Å². The van der Waals surface area contributed by atoms with E-state index >= 15 is 0 Å². The summed E-state index contributed by atoms with van der Waals surface area (Å²) in [5.74, 6) is -0.794. The van der Waals surface area contributed by atoms with Crippen molar-refractivity contribution in [1.29, 1.82) is 0 Å². The van der Waals surface area contributed by atoms with Gasteiger partial charge in [-0.05, 0) is 35.2 Å². The number of hydrogen-bond donors (Lipinski definition) is 2. The van der Waals surface area contributed by atoms with E-state index < -0.39 is 15.9 Å². The van der Waals surface area contributed by atoms with Crippen molar-refractivity contribution < 1.29 is 18.0 Å². The third-order valence-corrected chi connectivity index (χ3v) is 5.87. The molecule has 1 aromatic carbocycles. The van der Waals surface area contributed by atoms with Gasteiger partial charge in [0.15, 0.2) is 0 Å². The molecule has 2 heterocycles. The highest BCUT2D eigenvalue weighted by Crippen LogP contribution is 2.22. The molecule has 0 spiro atoms. The predicted octanol–water partition coefficient (Wildman–Crippen LogP) is 0.564. The van der Waals surface area contributed by atoms with E-state index in [4.69, 9.17) is 5.73 Å². The monoisotopic (exact) mass is 388 g/mol. The average Bonchev–Trinajstić information content (AvgIpc) is 2.66. The first-order valence-electron chi connectivity index (χ1n) is 8.39. The maximum Gasteiger partial charge on any atom is 0.266 e. The lowest BCUT2D eigenvalue weighted by Crippen LogP contribution is -2.37. The van der Waals surface area contributed by atoms with E-state index in [1.807, 2.05) is 0 Å². The number of benzene rings is 1. The van der Waals surface area contributed by atoms with Crippen LogP contribution < -0.4 is 10.5 Å². The minimum Gasteiger partial charge on any atom is -0.338 e. The van der Waals surface area contributed by atoms with E-state index in [0.717, 1.165) is 11.1 Å². The Morgan fingerprint density at radius 2 is 1.93 bits per heavy atom. The lowest BCUT2D eigenvalue weighted by molar-refractivity contribution is -0.129. The summed E-state index contributed by atoms with van der Waals surface area (Å²) in [7, 11) is -4.02. The maximum absolute atomic E-state index is 12.6. The van der Waals surface area contributed by atoms with Crippen molar-refractivity contribution in [1.82, 2.24) is 14.6 Å². The van der Waals surface area contributed by atoms with E-state index in [9.17, 15) is 18.0 Å². The van der Waals surface area contributed by atoms with Gasteiger partial charge in [0.1, 0.15) is 0 Å². The summed E-state index contributed by atoms with van der Waals surface area (Å²) in [5, 5.41) is 0. The minimum absolute atomic E-state index is 0.0198. The lowest BCUT2D eigenvalue weighted by Gasteiger charge is -2.28. The van der Waals surface area contributed by atoms with Gasteiger partial charge < -0.3 is 10.6 Å². The van der Waals surface area contributed by atoms with Crippen LogP contribution in [-0.4, -0.2) is 36.7 Å². The fraction of sp³-hybridized carbons (Fsp3) is 0.278. The summed E-state index contributed by atoms with van der Waals surface area (Å²) in [6.07, 6.45) is 3.41. The smallest absolute Gasteiger partial charge is 0.266 e. The van der Waals surface area contributed by atoms with Gasteiger partial charge in [-0.3, -0.25) is 14.6 Å². The fourth-order valence-electron chi connectivity index (χ4n) is 3.00. The molecule has 0 fully saturated rings. The number of fused-ring (bicyclic) bond motifs is 1. The average molecular weight is 388 g/mol. The Hall–Kier alpha value is -2.78. The highest BCUT2D eigenvalue weighted by molar-refractivity contribution is 7.90. The van der Waals surface area contributed by atoms with Gasteiger partial charge in [-0.25, -0.2) is 13.1 Å². The van der Waals surface area contributed by atoms with Gasteiger partial charge in [-0.2, -0.15) is 0 Å². The van der Waals surface area contributed by atoms with E-state index in [1.54, 1.807) is 23.2 Å². The number of amides is 2. The Kier molecular flexibility index (Phi) is 5.24. The molecule has 0 aliphatic carbocycles. The Balaban J connectivity index is 1.84. The van der Waals surface area contributed by atoms with Gasteiger partial charge in [0.05, 0.1) is 10.5 Å². The van der Waals surface area contributed by atoms with Crippen LogP contribution in [0.15, 0.2) is 41.6 Å². The molecule has 2 amide bonds. The van der Waals surface area contributed by atoms with Gasteiger partial charge in [0.25, 0.3) is 15.9 Å². The highest BCUT2D eigenvalue weighted by atomic mass is 32.2. The Bertz CT molecular complexity index is 987. The van der Waals surface area contributed by atoms with Crippen LogP contribution in [0.5, 0.6) is 0 Å². The van der Waals surface area contributed by atoms with Gasteiger partial charge >= 0.3 is 0 Å². The van der Waals surface area contributed by atoms with Crippen LogP contribution in [0.25, 0.3) is 0 Å². The Morgan fingerprint density at radius 3 is 2.56 bits per heavy atom. The molecule has 1 aliphatic heterocycles. The van der Waals surface area contributed by atoms with Gasteiger partial charge in [-0.1, -0.05) is 12.1 Å². The van der Waals surface area contributed by atoms with Crippen LogP contribution in [0.1, 0.15) is 34.0 Å². The highest BCUT2D eigenvalue weighted by Gasteiger charge is 2.26. The zero-order valence-electron chi connectivity index (χ0n) is 14.8. The number of aromatic nitrogens is 1. The molecule has 3 N–H and O–H groups in total. The summed E-state index contributed by atoms with van der Waals surface area (Å²) < 4.78 is 27.1. The van der Waals surface area contributed by atoms with Crippen LogP contribution >= 0.6 is 0 Å². The van der Waals surface area contributed by atoms with E-state index in [2.05, 4.69) is 9.71 Å². The summed E-state index contributed by atoms with van der Waals surface area (Å²) in [4.78, 5) is 29.8. The van der Waals surface area contributed by atoms with Gasteiger partial charge in [0, 0.05) is 39.0 Å². The third-order valence-electron chi connectivity index (χ3n) is 4.53. The Labute approximate surface area is 157 Å². The molecule has 3 rings (SSSR count). The van der Waals surface area contributed by atoms with E-state index in [0.29, 0.717) is 31.6 Å². The standard InChI is InChI=1S/C18H20N4O4S/c1-12(23)22-7-6-16-14(11-22)9-20-10-17(16)18(24)21-27(25,26)15-4-2-13(8-19)3-5-15/h2-5,9-10H,6-8,11,19H2,1H3,(H,21,24). The number of nitrogens with zero attached hydrogens (tertiary/aromatic N) is 2. The number of rotatable bonds is 4. The van der Waals surface area contributed by atoms with Crippen LogP contribution in [0.4, 0.5) is 0 Å². The molecule has 0 atom stereocenters. The molecule has 0 saturated heterocycles. The van der Waals surface area contributed by atoms with Crippen molar-refractivity contribution in [2.45, 2.75) is 31.3 Å². The molecule has 0 radical (unpaired) electrons. The van der Waals surface area contributed by atoms with Gasteiger partial charge in [-0.15, -0.1) is 0 Å². The number of nitrogens with one attached hydrogen (secondary N) is 1. The zero-order valence-corrected chi connectivity index (χ0v) is 15.6. The fourth-order valence-corrected chi connectivity index (χ4v) is 3.96. The first-order valence-corrected chi connectivity index (χ1v) is 9.87. The second-order valence-corrected chi connectivity index (χ2v) is 7.98. The molecule has 9 heteroatoms. The largest absolute Gasteiger partial charge is 0.338 e. The molecule has 142 valence electrons. The molecule has 27 heavy (non-hydrogen) atoms. The molecular formula is C18H20N4O4S. The zero-order chi connectivity index (χ0) is 19.6. The van der Waals surface area contributed by atoms with Crippen molar-refractivity contribution in [2.24, 2.45) is 5.73 Å². The number of pyridine rings is 1. The maximum atomic E-state index is 12.6. The van der Waals surface area contributed by atoms with E-state index in [-0.39, 0.29) is 16.4 Å². The molecular weight excluding hydrogens is 368 g/mol. The van der Waals surface area contributed by atoms with Crippen LogP contribution in [-0.2, 0) is 34.3 Å². The van der Waals surface area contributed by atoms with Crippen molar-refractivity contribution in [3.8, 4) is 0 Å². The number of carbonyl (C=O) groups excluding carboxylic acids is 2. The van der Waals surface area contributed by atoms with Crippen molar-refractivity contribution in [2.75, 3.05) is 6.54 Å². The topological polar surface area (TPSA) is 122 Å². The van der Waals surface area contributed by atoms with Crippen molar-refractivity contribution in [3.05, 3.63) is 58.9 Å². The van der Waals surface area contributed by atoms with E-state index in [1.165, 1.54) is 25.3 Å². The number of carbonyl (C=O) groups is 2. The summed E-state index contributed by atoms with van der Waals surface area (Å²) in [6.45, 7) is 2.61. The third kappa shape index (κ3) is 3.99. The molecule has 0 saturated carbocycles. The lowest BCUT2D eigenvalue weighted by atomic mass is 9.97. The van der Waals surface area contributed by atoms with Crippen molar-refractivity contribution >= 4 is 21.8 Å². The quantitative estimate of drug-likeness (QED) is 0.789. The molecule has 0 unspecified atom stereocenters.